The van der Waals surface area contributed by atoms with Crippen LogP contribution in [0.5, 0.6) is 0 Å². The molecule has 0 bridgehead atoms. The smallest absolute Gasteiger partial charge is 0.325 e. The Balaban J connectivity index is 2.30. The van der Waals surface area contributed by atoms with Gasteiger partial charge in [-0.15, -0.1) is 0 Å². The number of carboxylic acid groups (broad SMARTS) is 1. The summed E-state index contributed by atoms with van der Waals surface area (Å²) in [5.41, 5.74) is 5.39. The van der Waals surface area contributed by atoms with Crippen molar-refractivity contribution in [1.82, 2.24) is 9.78 Å². The minimum Gasteiger partial charge on any atom is -0.480 e. The number of nitrogens with zero attached hydrogens (tertiary/aromatic N) is 2. The summed E-state index contributed by atoms with van der Waals surface area (Å²) in [7, 11) is 0. The fourth-order valence-corrected chi connectivity index (χ4v) is 1.89. The molecule has 1 rings (SSSR count). The van der Waals surface area contributed by atoms with Gasteiger partial charge < -0.3 is 16.2 Å². The van der Waals surface area contributed by atoms with Crippen LogP contribution in [-0.4, -0.2) is 44.2 Å². The molecule has 1 aromatic heterocycles. The van der Waals surface area contributed by atoms with E-state index in [1.54, 1.807) is 0 Å². The first kappa shape index (κ1) is 15.0. The van der Waals surface area contributed by atoms with Crippen LogP contribution in [0.1, 0.15) is 6.42 Å². The Morgan fingerprint density at radius 2 is 2.21 bits per heavy atom. The molecule has 0 saturated carbocycles. The number of carbonyl (C=O) groups is 3. The molecule has 0 fully saturated rings. The van der Waals surface area contributed by atoms with Crippen LogP contribution in [0.15, 0.2) is 12.4 Å². The first-order valence-corrected chi connectivity index (χ1v) is 6.53. The third kappa shape index (κ3) is 6.46. The third-order valence-corrected chi connectivity index (χ3v) is 2.91. The monoisotopic (exact) mass is 286 g/mol. The summed E-state index contributed by atoms with van der Waals surface area (Å²) in [6.07, 6.45) is 3.04. The summed E-state index contributed by atoms with van der Waals surface area (Å²) in [5.74, 6) is -0.988. The van der Waals surface area contributed by atoms with Gasteiger partial charge in [-0.05, 0) is 0 Å². The van der Waals surface area contributed by atoms with E-state index in [1.165, 1.54) is 28.8 Å². The molecule has 0 saturated heterocycles. The van der Waals surface area contributed by atoms with Crippen LogP contribution in [0.2, 0.25) is 0 Å². The summed E-state index contributed by atoms with van der Waals surface area (Å²) < 4.78 is 1.21. The van der Waals surface area contributed by atoms with E-state index in [-0.39, 0.29) is 24.6 Å². The molecule has 1 aromatic rings. The van der Waals surface area contributed by atoms with Gasteiger partial charge in [0.25, 0.3) is 0 Å². The van der Waals surface area contributed by atoms with E-state index >= 15 is 0 Å². The number of carbonyl (C=O) groups excluding carboxylic acids is 2. The molecule has 0 aliphatic carbocycles. The number of hydrogen-bond acceptors (Lipinski definition) is 5. The summed E-state index contributed by atoms with van der Waals surface area (Å²) >= 11 is 1.28. The number of hydrogen-bond donors (Lipinski definition) is 3. The van der Waals surface area contributed by atoms with E-state index in [4.69, 9.17) is 10.8 Å². The number of rotatable bonds is 8. The molecular weight excluding hydrogens is 272 g/mol. The van der Waals surface area contributed by atoms with Gasteiger partial charge in [0.05, 0.1) is 17.6 Å². The molecule has 19 heavy (non-hydrogen) atoms. The van der Waals surface area contributed by atoms with E-state index in [2.05, 4.69) is 10.4 Å². The zero-order chi connectivity index (χ0) is 14.3. The van der Waals surface area contributed by atoms with Gasteiger partial charge in [0.2, 0.25) is 11.8 Å². The summed E-state index contributed by atoms with van der Waals surface area (Å²) in [5, 5.41) is 14.9. The van der Waals surface area contributed by atoms with Gasteiger partial charge >= 0.3 is 5.97 Å². The minimum atomic E-state index is -1.01. The van der Waals surface area contributed by atoms with Gasteiger partial charge in [-0.3, -0.25) is 19.1 Å². The number of primary amides is 1. The van der Waals surface area contributed by atoms with Crippen LogP contribution >= 0.6 is 11.8 Å². The quantitative estimate of drug-likeness (QED) is 0.554. The number of carboxylic acids is 1. The van der Waals surface area contributed by atoms with Crippen molar-refractivity contribution in [3.05, 3.63) is 12.4 Å². The van der Waals surface area contributed by atoms with Crippen molar-refractivity contribution in [2.24, 2.45) is 5.73 Å². The normalized spacial score (nSPS) is 10.1. The van der Waals surface area contributed by atoms with E-state index in [1.807, 2.05) is 0 Å². The summed E-state index contributed by atoms with van der Waals surface area (Å²) in [6, 6.07) is 0. The van der Waals surface area contributed by atoms with Gasteiger partial charge in [0, 0.05) is 18.4 Å². The molecule has 2 amide bonds. The Morgan fingerprint density at radius 1 is 1.47 bits per heavy atom. The molecule has 0 atom stereocenters. The van der Waals surface area contributed by atoms with Crippen molar-refractivity contribution in [2.45, 2.75) is 13.0 Å². The minimum absolute atomic E-state index is 0.184. The number of nitrogens with two attached hydrogens (primary N) is 1. The fourth-order valence-electron chi connectivity index (χ4n) is 1.21. The topological polar surface area (TPSA) is 127 Å². The maximum Gasteiger partial charge on any atom is 0.325 e. The van der Waals surface area contributed by atoms with Crippen molar-refractivity contribution in [1.29, 1.82) is 0 Å². The average molecular weight is 286 g/mol. The Bertz CT molecular complexity index is 474. The van der Waals surface area contributed by atoms with Crippen LogP contribution in [-0.2, 0) is 20.9 Å². The standard InChI is InChI=1S/C10H14N4O4S/c11-8(15)6-19-2-1-9(16)13-7-3-12-14(4-7)5-10(17)18/h3-4H,1-2,5-6H2,(H2,11,15)(H,13,16)(H,17,18). The molecule has 0 aromatic carbocycles. The molecule has 8 nitrogen and oxygen atoms in total. The highest BCUT2D eigenvalue weighted by molar-refractivity contribution is 7.99. The van der Waals surface area contributed by atoms with Crippen molar-refractivity contribution in [2.75, 3.05) is 16.8 Å². The van der Waals surface area contributed by atoms with Gasteiger partial charge in [-0.2, -0.15) is 16.9 Å². The van der Waals surface area contributed by atoms with E-state index < -0.39 is 11.9 Å². The SMILES string of the molecule is NC(=O)CSCCC(=O)Nc1cnn(CC(=O)O)c1. The van der Waals surface area contributed by atoms with Gasteiger partial charge in [0.1, 0.15) is 6.54 Å². The molecule has 9 heteroatoms. The van der Waals surface area contributed by atoms with E-state index in [0.29, 0.717) is 11.4 Å². The van der Waals surface area contributed by atoms with Crippen molar-refractivity contribution in [3.63, 3.8) is 0 Å². The Hall–Kier alpha value is -2.03. The fraction of sp³-hybridized carbons (Fsp3) is 0.400. The number of thioether (sulfide) groups is 1. The number of aromatic nitrogens is 2. The predicted molar refractivity (Wildman–Crippen MR) is 69.6 cm³/mol. The highest BCUT2D eigenvalue weighted by Gasteiger charge is 2.06. The lowest BCUT2D eigenvalue weighted by Gasteiger charge is -2.01. The maximum absolute atomic E-state index is 11.5. The molecule has 0 aliphatic rings. The molecule has 0 spiro atoms. The van der Waals surface area contributed by atoms with Gasteiger partial charge in [-0.25, -0.2) is 0 Å². The van der Waals surface area contributed by atoms with Crippen molar-refractivity contribution in [3.8, 4) is 0 Å². The third-order valence-electron chi connectivity index (χ3n) is 1.93. The van der Waals surface area contributed by atoms with Crippen LogP contribution < -0.4 is 11.1 Å². The van der Waals surface area contributed by atoms with Crippen molar-refractivity contribution < 1.29 is 19.5 Å². The van der Waals surface area contributed by atoms with Crippen LogP contribution in [0.25, 0.3) is 0 Å². The second-order valence-electron chi connectivity index (χ2n) is 3.64. The Labute approximate surface area is 113 Å². The van der Waals surface area contributed by atoms with Crippen LogP contribution in [0.4, 0.5) is 5.69 Å². The zero-order valence-electron chi connectivity index (χ0n) is 10.0. The molecule has 1 heterocycles. The van der Waals surface area contributed by atoms with E-state index in [0.717, 1.165) is 0 Å². The molecule has 0 radical (unpaired) electrons. The lowest BCUT2D eigenvalue weighted by atomic mass is 10.4. The highest BCUT2D eigenvalue weighted by atomic mass is 32.2. The van der Waals surface area contributed by atoms with Crippen molar-refractivity contribution >= 4 is 35.2 Å². The molecule has 104 valence electrons. The number of nitrogens with one attached hydrogen (secondary N) is 1. The second kappa shape index (κ2) is 7.41. The van der Waals surface area contributed by atoms with Crippen LogP contribution in [0.3, 0.4) is 0 Å². The molecular formula is C10H14N4O4S. The van der Waals surface area contributed by atoms with Gasteiger partial charge in [-0.1, -0.05) is 0 Å². The first-order valence-electron chi connectivity index (χ1n) is 5.37. The summed E-state index contributed by atoms with van der Waals surface area (Å²) in [4.78, 5) is 32.4. The predicted octanol–water partition coefficient (Wildman–Crippen LogP) is -0.485. The lowest BCUT2D eigenvalue weighted by Crippen LogP contribution is -2.15. The van der Waals surface area contributed by atoms with E-state index in [9.17, 15) is 14.4 Å². The average Bonchev–Trinajstić information content (AvgIpc) is 2.70. The molecule has 0 aliphatic heterocycles. The lowest BCUT2D eigenvalue weighted by molar-refractivity contribution is -0.137. The Kier molecular flexibility index (Phi) is 5.86. The number of aliphatic carboxylic acids is 1. The second-order valence-corrected chi connectivity index (χ2v) is 4.74. The number of amides is 2. The molecule has 4 N–H and O–H groups in total. The van der Waals surface area contributed by atoms with Crippen LogP contribution in [0, 0.1) is 0 Å². The van der Waals surface area contributed by atoms with Gasteiger partial charge in [0.15, 0.2) is 0 Å². The number of anilines is 1. The highest BCUT2D eigenvalue weighted by Crippen LogP contribution is 2.07. The Morgan fingerprint density at radius 3 is 2.84 bits per heavy atom. The first-order chi connectivity index (χ1) is 8.97. The summed E-state index contributed by atoms with van der Waals surface area (Å²) in [6.45, 7) is -0.260. The molecule has 0 unspecified atom stereocenters. The zero-order valence-corrected chi connectivity index (χ0v) is 10.9. The largest absolute Gasteiger partial charge is 0.480 e. The maximum atomic E-state index is 11.5.